The van der Waals surface area contributed by atoms with Gasteiger partial charge in [0.15, 0.2) is 0 Å². The minimum Gasteiger partial charge on any atom is -0.144 e. The fourth-order valence-corrected chi connectivity index (χ4v) is 8.53. The van der Waals surface area contributed by atoms with Gasteiger partial charge >= 0.3 is 0 Å². The molecule has 1 heterocycles. The van der Waals surface area contributed by atoms with Crippen molar-refractivity contribution >= 4 is 31.6 Å². The molecule has 1 saturated heterocycles. The van der Waals surface area contributed by atoms with Gasteiger partial charge in [0.05, 0.1) is 11.8 Å². The molecule has 12 heavy (non-hydrogen) atoms. The monoisotopic (exact) mass is 218 g/mol. The average molecular weight is 218 g/mol. The lowest BCUT2D eigenvalue weighted by Gasteiger charge is -2.42. The van der Waals surface area contributed by atoms with Crippen molar-refractivity contribution in [2.24, 2.45) is 0 Å². The lowest BCUT2D eigenvalue weighted by molar-refractivity contribution is 1.09. The molecule has 1 aliphatic rings. The van der Waals surface area contributed by atoms with E-state index in [0.29, 0.717) is 3.70 Å². The lowest BCUT2D eigenvalue weighted by Crippen LogP contribution is -2.47. The molecule has 0 unspecified atom stereocenters. The van der Waals surface area contributed by atoms with Crippen LogP contribution in [0.4, 0.5) is 0 Å². The Bertz CT molecular complexity index is 166. The summed E-state index contributed by atoms with van der Waals surface area (Å²) >= 11 is 4.25. The summed E-state index contributed by atoms with van der Waals surface area (Å²) in [6.45, 7) is 11.3. The second kappa shape index (κ2) is 3.80. The lowest BCUT2D eigenvalue weighted by atomic mass is 10.6. The molecule has 0 spiro atoms. The van der Waals surface area contributed by atoms with Crippen molar-refractivity contribution in [3.63, 3.8) is 0 Å². The Hall–Kier alpha value is 0.657. The molecule has 3 heteroatoms. The molecular formula is C9H18S2Si. The molecule has 0 bridgehead atoms. The van der Waals surface area contributed by atoms with Crippen molar-refractivity contribution in [2.75, 3.05) is 11.5 Å². The highest BCUT2D eigenvalue weighted by molar-refractivity contribution is 8.21. The average Bonchev–Trinajstić information content (AvgIpc) is 2.04. The largest absolute Gasteiger partial charge is 0.144 e. The van der Waals surface area contributed by atoms with Gasteiger partial charge < -0.3 is 0 Å². The smallest absolute Gasteiger partial charge is 0.0800 e. The van der Waals surface area contributed by atoms with Crippen LogP contribution in [0.1, 0.15) is 6.42 Å². The van der Waals surface area contributed by atoms with E-state index in [1.54, 1.807) is 0 Å². The van der Waals surface area contributed by atoms with E-state index in [9.17, 15) is 0 Å². The number of thioether (sulfide) groups is 2. The van der Waals surface area contributed by atoms with Crippen LogP contribution in [0.2, 0.25) is 19.6 Å². The Morgan fingerprint density at radius 1 is 1.25 bits per heavy atom. The van der Waals surface area contributed by atoms with Crippen molar-refractivity contribution in [2.45, 2.75) is 29.8 Å². The van der Waals surface area contributed by atoms with Crippen molar-refractivity contribution in [1.82, 2.24) is 0 Å². The maximum Gasteiger partial charge on any atom is 0.0800 e. The van der Waals surface area contributed by atoms with E-state index in [2.05, 4.69) is 55.8 Å². The van der Waals surface area contributed by atoms with E-state index in [0.717, 1.165) is 0 Å². The third-order valence-electron chi connectivity index (χ3n) is 2.24. The first-order chi connectivity index (χ1) is 5.52. The Kier molecular flexibility index (Phi) is 3.40. The molecule has 0 amide bonds. The molecular weight excluding hydrogens is 200 g/mol. The fourth-order valence-electron chi connectivity index (χ4n) is 1.41. The Morgan fingerprint density at radius 2 is 1.75 bits per heavy atom. The maximum absolute atomic E-state index is 4.02. The van der Waals surface area contributed by atoms with Gasteiger partial charge in [-0.05, 0) is 17.9 Å². The second-order valence-electron chi connectivity index (χ2n) is 4.17. The predicted molar refractivity (Wildman–Crippen MR) is 65.8 cm³/mol. The molecule has 1 fully saturated rings. The van der Waals surface area contributed by atoms with Gasteiger partial charge in [-0.1, -0.05) is 25.7 Å². The van der Waals surface area contributed by atoms with Crippen LogP contribution in [0.25, 0.3) is 0 Å². The predicted octanol–water partition coefficient (Wildman–Crippen LogP) is 3.62. The fraction of sp³-hybridized carbons (Fsp3) is 0.778. The van der Waals surface area contributed by atoms with Crippen LogP contribution in [-0.4, -0.2) is 23.3 Å². The molecule has 0 saturated carbocycles. The summed E-state index contributed by atoms with van der Waals surface area (Å²) in [6.07, 6.45) is 3.57. The number of hydrogen-bond acceptors (Lipinski definition) is 2. The summed E-state index contributed by atoms with van der Waals surface area (Å²) in [7, 11) is -1.10. The Morgan fingerprint density at radius 3 is 2.00 bits per heavy atom. The van der Waals surface area contributed by atoms with Crippen LogP contribution >= 0.6 is 23.5 Å². The molecule has 0 aromatic rings. The molecule has 0 atom stereocenters. The van der Waals surface area contributed by atoms with Crippen LogP contribution in [-0.2, 0) is 0 Å². The number of hydrogen-bond donors (Lipinski definition) is 0. The van der Waals surface area contributed by atoms with E-state index in [4.69, 9.17) is 0 Å². The second-order valence-corrected chi connectivity index (χ2v) is 13.1. The summed E-state index contributed by atoms with van der Waals surface area (Å²) in [6, 6.07) is 0. The normalized spacial score (nSPS) is 23.6. The highest BCUT2D eigenvalue weighted by Crippen LogP contribution is 2.49. The zero-order valence-electron chi connectivity index (χ0n) is 8.22. The minimum atomic E-state index is -1.10. The molecule has 1 aliphatic heterocycles. The van der Waals surface area contributed by atoms with Gasteiger partial charge in [0, 0.05) is 0 Å². The standard InChI is InChI=1S/C9H18S2Si/c1-5-9(12(2,3)4)10-7-6-8-11-9/h5H,1,6-8H2,2-4H3. The van der Waals surface area contributed by atoms with Crippen molar-refractivity contribution < 1.29 is 0 Å². The van der Waals surface area contributed by atoms with E-state index >= 15 is 0 Å². The molecule has 0 radical (unpaired) electrons. The summed E-state index contributed by atoms with van der Waals surface area (Å²) < 4.78 is 0.394. The van der Waals surface area contributed by atoms with Crippen LogP contribution in [0, 0.1) is 0 Å². The highest BCUT2D eigenvalue weighted by atomic mass is 32.2. The Labute approximate surface area is 85.6 Å². The van der Waals surface area contributed by atoms with Crippen molar-refractivity contribution in [1.29, 1.82) is 0 Å². The number of rotatable bonds is 2. The molecule has 1 rings (SSSR count). The SMILES string of the molecule is C=CC1([Si](C)(C)C)SCCCS1. The zero-order chi connectivity index (χ0) is 9.24. The van der Waals surface area contributed by atoms with Gasteiger partial charge in [-0.2, -0.15) is 0 Å². The third kappa shape index (κ3) is 1.94. The molecule has 70 valence electrons. The Balaban J connectivity index is 2.80. The zero-order valence-corrected chi connectivity index (χ0v) is 10.9. The van der Waals surface area contributed by atoms with E-state index in [1.807, 2.05) is 0 Å². The van der Waals surface area contributed by atoms with Crippen LogP contribution in [0.3, 0.4) is 0 Å². The molecule has 0 aliphatic carbocycles. The van der Waals surface area contributed by atoms with Gasteiger partial charge in [-0.3, -0.25) is 0 Å². The van der Waals surface area contributed by atoms with Gasteiger partial charge in [-0.25, -0.2) is 0 Å². The molecule has 0 N–H and O–H groups in total. The van der Waals surface area contributed by atoms with Gasteiger partial charge in [0.1, 0.15) is 0 Å². The highest BCUT2D eigenvalue weighted by Gasteiger charge is 2.43. The minimum absolute atomic E-state index is 0.394. The summed E-state index contributed by atoms with van der Waals surface area (Å²) in [4.78, 5) is 0. The molecule has 0 aromatic heterocycles. The topological polar surface area (TPSA) is 0 Å². The summed E-state index contributed by atoms with van der Waals surface area (Å²) in [5.74, 6) is 2.65. The van der Waals surface area contributed by atoms with Crippen LogP contribution in [0.5, 0.6) is 0 Å². The third-order valence-corrected chi connectivity index (χ3v) is 12.0. The van der Waals surface area contributed by atoms with Crippen LogP contribution < -0.4 is 0 Å². The van der Waals surface area contributed by atoms with Gasteiger partial charge in [-0.15, -0.1) is 30.1 Å². The van der Waals surface area contributed by atoms with E-state index < -0.39 is 8.07 Å². The first-order valence-corrected chi connectivity index (χ1v) is 9.90. The van der Waals surface area contributed by atoms with Crippen molar-refractivity contribution in [3.8, 4) is 0 Å². The van der Waals surface area contributed by atoms with Crippen molar-refractivity contribution in [3.05, 3.63) is 12.7 Å². The summed E-state index contributed by atoms with van der Waals surface area (Å²) in [5.41, 5.74) is 0. The first kappa shape index (κ1) is 10.7. The van der Waals surface area contributed by atoms with E-state index in [1.165, 1.54) is 17.9 Å². The molecule has 0 nitrogen and oxygen atoms in total. The quantitative estimate of drug-likeness (QED) is 0.513. The van der Waals surface area contributed by atoms with Gasteiger partial charge in [0.2, 0.25) is 0 Å². The first-order valence-electron chi connectivity index (χ1n) is 4.43. The van der Waals surface area contributed by atoms with Crippen LogP contribution in [0.15, 0.2) is 12.7 Å². The van der Waals surface area contributed by atoms with Gasteiger partial charge in [0.25, 0.3) is 0 Å². The summed E-state index contributed by atoms with van der Waals surface area (Å²) in [5, 5.41) is 0. The van der Waals surface area contributed by atoms with E-state index in [-0.39, 0.29) is 0 Å². The molecule has 0 aromatic carbocycles. The maximum atomic E-state index is 4.02.